The van der Waals surface area contributed by atoms with Crippen molar-refractivity contribution in [3.63, 3.8) is 0 Å². The minimum atomic E-state index is -1.10. The molecule has 0 aliphatic heterocycles. The first-order valence-electron chi connectivity index (χ1n) is 4.13. The number of aromatic nitrogens is 1. The van der Waals surface area contributed by atoms with E-state index in [1.807, 2.05) is 0 Å². The van der Waals surface area contributed by atoms with Crippen LogP contribution in [-0.4, -0.2) is 16.1 Å². The lowest BCUT2D eigenvalue weighted by Crippen LogP contribution is -1.97. The van der Waals surface area contributed by atoms with Gasteiger partial charge in [0.25, 0.3) is 0 Å². The zero-order chi connectivity index (χ0) is 11.0. The number of H-pyrrole nitrogens is 1. The maximum atomic E-state index is 10.8. The highest BCUT2D eigenvalue weighted by Gasteiger charge is 2.09. The zero-order valence-corrected chi connectivity index (χ0v) is 7.61. The topological polar surface area (TPSA) is 83.3 Å². The van der Waals surface area contributed by atoms with Gasteiger partial charge in [0.15, 0.2) is 5.58 Å². The summed E-state index contributed by atoms with van der Waals surface area (Å²) < 4.78 is 4.77. The number of oxazole rings is 1. The molecule has 0 fully saturated rings. The summed E-state index contributed by atoms with van der Waals surface area (Å²) in [4.78, 5) is 23.9. The number of carbonyl (C=O) groups is 1. The quantitative estimate of drug-likeness (QED) is 0.722. The standard InChI is InChI=1S/C10H7NO4/c1-5(9(12)13)6-2-3-8-7(4-6)11-10(14)15-8/h2-4H,1H2,(H,11,14)(H,12,13). The highest BCUT2D eigenvalue weighted by Crippen LogP contribution is 2.18. The highest BCUT2D eigenvalue weighted by atomic mass is 16.4. The summed E-state index contributed by atoms with van der Waals surface area (Å²) in [5, 5.41) is 8.72. The van der Waals surface area contributed by atoms with E-state index in [2.05, 4.69) is 11.6 Å². The molecular weight excluding hydrogens is 198 g/mol. The number of benzene rings is 1. The Morgan fingerprint density at radius 2 is 2.20 bits per heavy atom. The largest absolute Gasteiger partial charge is 0.478 e. The molecule has 5 nitrogen and oxygen atoms in total. The SMILES string of the molecule is C=C(C(=O)O)c1ccc2oc(=O)[nH]c2c1. The monoisotopic (exact) mass is 205 g/mol. The van der Waals surface area contributed by atoms with E-state index in [1.54, 1.807) is 0 Å². The molecule has 2 N–H and O–H groups in total. The van der Waals surface area contributed by atoms with Crippen LogP contribution in [0.2, 0.25) is 0 Å². The third-order valence-electron chi connectivity index (χ3n) is 2.03. The van der Waals surface area contributed by atoms with Gasteiger partial charge in [0.1, 0.15) is 0 Å². The van der Waals surface area contributed by atoms with Gasteiger partial charge in [-0.1, -0.05) is 12.6 Å². The third kappa shape index (κ3) is 1.54. The molecule has 2 rings (SSSR count). The van der Waals surface area contributed by atoms with Crippen molar-refractivity contribution in [3.05, 3.63) is 40.9 Å². The average molecular weight is 205 g/mol. The van der Waals surface area contributed by atoms with Gasteiger partial charge in [0, 0.05) is 0 Å². The van der Waals surface area contributed by atoms with Gasteiger partial charge >= 0.3 is 11.7 Å². The van der Waals surface area contributed by atoms with Gasteiger partial charge in [-0.3, -0.25) is 4.98 Å². The van der Waals surface area contributed by atoms with Crippen LogP contribution in [0, 0.1) is 0 Å². The lowest BCUT2D eigenvalue weighted by molar-refractivity contribution is -0.130. The molecule has 76 valence electrons. The smallest absolute Gasteiger partial charge is 0.417 e. The number of fused-ring (bicyclic) bond motifs is 1. The molecule has 0 atom stereocenters. The summed E-state index contributed by atoms with van der Waals surface area (Å²) in [6, 6.07) is 4.57. The van der Waals surface area contributed by atoms with E-state index < -0.39 is 11.7 Å². The Kier molecular flexibility index (Phi) is 1.93. The fraction of sp³-hybridized carbons (Fsp3) is 0. The number of hydrogen-bond acceptors (Lipinski definition) is 3. The van der Waals surface area contributed by atoms with E-state index in [-0.39, 0.29) is 5.57 Å². The van der Waals surface area contributed by atoms with Gasteiger partial charge in [-0.25, -0.2) is 9.59 Å². The Labute approximate surface area is 83.6 Å². The first-order chi connectivity index (χ1) is 7.08. The van der Waals surface area contributed by atoms with Crippen LogP contribution in [-0.2, 0) is 4.79 Å². The molecule has 0 aliphatic carbocycles. The van der Waals surface area contributed by atoms with Crippen LogP contribution >= 0.6 is 0 Å². The third-order valence-corrected chi connectivity index (χ3v) is 2.03. The van der Waals surface area contributed by atoms with Crippen molar-refractivity contribution in [2.45, 2.75) is 0 Å². The highest BCUT2D eigenvalue weighted by molar-refractivity contribution is 6.14. The fourth-order valence-electron chi connectivity index (χ4n) is 1.26. The predicted molar refractivity (Wildman–Crippen MR) is 53.5 cm³/mol. The summed E-state index contributed by atoms with van der Waals surface area (Å²) in [7, 11) is 0. The van der Waals surface area contributed by atoms with E-state index >= 15 is 0 Å². The molecule has 0 saturated heterocycles. The molecule has 5 heteroatoms. The maximum absolute atomic E-state index is 10.8. The Hall–Kier alpha value is -2.30. The molecular formula is C10H7NO4. The summed E-state index contributed by atoms with van der Waals surface area (Å²) in [6.07, 6.45) is 0. The van der Waals surface area contributed by atoms with Gasteiger partial charge < -0.3 is 9.52 Å². The Balaban J connectivity index is 2.60. The second-order valence-corrected chi connectivity index (χ2v) is 3.01. The number of rotatable bonds is 2. The molecule has 0 bridgehead atoms. The van der Waals surface area contributed by atoms with Gasteiger partial charge in [0.05, 0.1) is 11.1 Å². The Morgan fingerprint density at radius 1 is 1.47 bits per heavy atom. The molecule has 0 saturated carbocycles. The van der Waals surface area contributed by atoms with E-state index in [1.165, 1.54) is 18.2 Å². The Bertz CT molecular complexity index is 605. The van der Waals surface area contributed by atoms with Crippen LogP contribution in [0.25, 0.3) is 16.7 Å². The minimum absolute atomic E-state index is 0.0288. The second-order valence-electron chi connectivity index (χ2n) is 3.01. The summed E-state index contributed by atoms with van der Waals surface area (Å²) in [5.74, 6) is -1.66. The molecule has 15 heavy (non-hydrogen) atoms. The number of aromatic amines is 1. The van der Waals surface area contributed by atoms with Crippen LogP contribution in [0.15, 0.2) is 34.0 Å². The molecule has 0 spiro atoms. The van der Waals surface area contributed by atoms with Gasteiger partial charge in [-0.05, 0) is 17.7 Å². The van der Waals surface area contributed by atoms with Crippen molar-refractivity contribution in [3.8, 4) is 0 Å². The van der Waals surface area contributed by atoms with E-state index in [9.17, 15) is 9.59 Å². The second kappa shape index (κ2) is 3.13. The van der Waals surface area contributed by atoms with Gasteiger partial charge in [-0.2, -0.15) is 0 Å². The summed E-state index contributed by atoms with van der Waals surface area (Å²) >= 11 is 0. The molecule has 0 aliphatic rings. The maximum Gasteiger partial charge on any atom is 0.417 e. The van der Waals surface area contributed by atoms with Crippen molar-refractivity contribution >= 4 is 22.6 Å². The summed E-state index contributed by atoms with van der Waals surface area (Å²) in [5.41, 5.74) is 1.26. The first kappa shape index (κ1) is 9.26. The van der Waals surface area contributed by atoms with E-state index in [0.717, 1.165) is 0 Å². The minimum Gasteiger partial charge on any atom is -0.478 e. The van der Waals surface area contributed by atoms with Crippen LogP contribution in [0.4, 0.5) is 0 Å². The molecule has 1 heterocycles. The number of carboxylic acids is 1. The van der Waals surface area contributed by atoms with Crippen LogP contribution in [0.3, 0.4) is 0 Å². The van der Waals surface area contributed by atoms with Gasteiger partial charge in [-0.15, -0.1) is 0 Å². The van der Waals surface area contributed by atoms with E-state index in [0.29, 0.717) is 16.7 Å². The number of hydrogen-bond donors (Lipinski definition) is 2. The zero-order valence-electron chi connectivity index (χ0n) is 7.61. The van der Waals surface area contributed by atoms with Gasteiger partial charge in [0.2, 0.25) is 0 Å². The van der Waals surface area contributed by atoms with E-state index in [4.69, 9.17) is 9.52 Å². The number of carboxylic acid groups (broad SMARTS) is 1. The fourth-order valence-corrected chi connectivity index (χ4v) is 1.26. The lowest BCUT2D eigenvalue weighted by atomic mass is 10.1. The number of nitrogens with one attached hydrogen (secondary N) is 1. The summed E-state index contributed by atoms with van der Waals surface area (Å²) in [6.45, 7) is 3.42. The van der Waals surface area contributed by atoms with Crippen LogP contribution in [0.1, 0.15) is 5.56 Å². The van der Waals surface area contributed by atoms with Crippen molar-refractivity contribution < 1.29 is 14.3 Å². The number of aliphatic carboxylic acids is 1. The predicted octanol–water partition coefficient (Wildman–Crippen LogP) is 1.22. The average Bonchev–Trinajstić information content (AvgIpc) is 2.55. The Morgan fingerprint density at radius 3 is 2.87 bits per heavy atom. The first-order valence-corrected chi connectivity index (χ1v) is 4.13. The lowest BCUT2D eigenvalue weighted by Gasteiger charge is -1.98. The molecule has 1 aromatic carbocycles. The normalized spacial score (nSPS) is 10.4. The van der Waals surface area contributed by atoms with Crippen LogP contribution < -0.4 is 5.76 Å². The van der Waals surface area contributed by atoms with Crippen molar-refractivity contribution in [1.82, 2.24) is 4.98 Å². The van der Waals surface area contributed by atoms with Crippen molar-refractivity contribution in [2.24, 2.45) is 0 Å². The molecule has 0 radical (unpaired) electrons. The molecule has 1 aromatic heterocycles. The molecule has 2 aromatic rings. The molecule has 0 amide bonds. The molecule has 0 unspecified atom stereocenters. The van der Waals surface area contributed by atoms with Crippen molar-refractivity contribution in [1.29, 1.82) is 0 Å². The van der Waals surface area contributed by atoms with Crippen LogP contribution in [0.5, 0.6) is 0 Å². The van der Waals surface area contributed by atoms with Crippen molar-refractivity contribution in [2.75, 3.05) is 0 Å².